The molecule has 124 valence electrons. The third-order valence-electron chi connectivity index (χ3n) is 7.01. The van der Waals surface area contributed by atoms with E-state index in [1.807, 2.05) is 5.57 Å². The molecule has 3 aliphatic rings. The van der Waals surface area contributed by atoms with Gasteiger partial charge in [-0.05, 0) is 81.2 Å². The molecule has 3 unspecified atom stereocenters. The van der Waals surface area contributed by atoms with Gasteiger partial charge in [0.25, 0.3) is 0 Å². The highest BCUT2D eigenvalue weighted by molar-refractivity contribution is 5.34. The number of likely N-dealkylation sites (tertiary alicyclic amines) is 1. The molecule has 3 atom stereocenters. The van der Waals surface area contributed by atoms with E-state index in [4.69, 9.17) is 0 Å². The molecule has 0 N–H and O–H groups in total. The monoisotopic (exact) mass is 301 g/mol. The summed E-state index contributed by atoms with van der Waals surface area (Å²) in [6, 6.07) is 0.713. The minimum absolute atomic E-state index is 0.471. The van der Waals surface area contributed by atoms with E-state index in [9.17, 15) is 0 Å². The van der Waals surface area contributed by atoms with Gasteiger partial charge in [-0.25, -0.2) is 0 Å². The summed E-state index contributed by atoms with van der Waals surface area (Å²) in [5, 5.41) is 0. The van der Waals surface area contributed by atoms with Crippen LogP contribution in [0.4, 0.5) is 0 Å². The highest BCUT2D eigenvalue weighted by Crippen LogP contribution is 2.48. The van der Waals surface area contributed by atoms with Crippen molar-refractivity contribution in [3.63, 3.8) is 0 Å². The fourth-order valence-electron chi connectivity index (χ4n) is 4.88. The zero-order valence-corrected chi connectivity index (χ0v) is 15.4. The number of nitrogens with zero attached hydrogens (tertiary/aromatic N) is 1. The summed E-state index contributed by atoms with van der Waals surface area (Å²) in [6.07, 6.45) is 11.8. The average molecular weight is 302 g/mol. The average Bonchev–Trinajstić information content (AvgIpc) is 2.65. The molecule has 0 aromatic carbocycles. The van der Waals surface area contributed by atoms with Crippen LogP contribution in [0.25, 0.3) is 0 Å². The predicted octanol–water partition coefficient (Wildman–Crippen LogP) is 5.44. The fraction of sp³-hybridized carbons (Fsp3) is 0.810. The highest BCUT2D eigenvalue weighted by Gasteiger charge is 2.39. The summed E-state index contributed by atoms with van der Waals surface area (Å²) in [5.41, 5.74) is 4.03. The van der Waals surface area contributed by atoms with Crippen LogP contribution in [0, 0.1) is 23.2 Å². The van der Waals surface area contributed by atoms with Gasteiger partial charge >= 0.3 is 0 Å². The maximum Gasteiger partial charge on any atom is 0.00387 e. The maximum atomic E-state index is 2.70. The molecule has 1 heterocycles. The Morgan fingerprint density at radius 3 is 2.64 bits per heavy atom. The largest absolute Gasteiger partial charge is 0.301 e. The standard InChI is InChI=1S/C21H35N/c1-15(2)21(5)11-6-7-19-17(13-21)8-9-18-14-22(16(3)4)12-10-20(18)19/h6-7,15-16,18,20H,8-14H2,1-5H3. The van der Waals surface area contributed by atoms with Crippen molar-refractivity contribution >= 4 is 0 Å². The summed E-state index contributed by atoms with van der Waals surface area (Å²) < 4.78 is 0. The minimum atomic E-state index is 0.471. The molecule has 1 aliphatic heterocycles. The van der Waals surface area contributed by atoms with Gasteiger partial charge in [0, 0.05) is 12.6 Å². The first-order valence-electron chi connectivity index (χ1n) is 9.53. The molecule has 0 radical (unpaired) electrons. The van der Waals surface area contributed by atoms with Crippen molar-refractivity contribution in [2.45, 2.75) is 72.8 Å². The second-order valence-corrected chi connectivity index (χ2v) is 8.93. The molecule has 2 aliphatic carbocycles. The second-order valence-electron chi connectivity index (χ2n) is 8.93. The lowest BCUT2D eigenvalue weighted by Crippen LogP contribution is -2.45. The van der Waals surface area contributed by atoms with E-state index in [0.29, 0.717) is 11.5 Å². The van der Waals surface area contributed by atoms with E-state index in [0.717, 1.165) is 17.8 Å². The van der Waals surface area contributed by atoms with E-state index >= 15 is 0 Å². The molecular formula is C21H35N. The van der Waals surface area contributed by atoms with Gasteiger partial charge in [0.1, 0.15) is 0 Å². The number of piperidine rings is 1. The smallest absolute Gasteiger partial charge is 0.00387 e. The van der Waals surface area contributed by atoms with Gasteiger partial charge in [-0.15, -0.1) is 0 Å². The Morgan fingerprint density at radius 2 is 1.95 bits per heavy atom. The zero-order valence-electron chi connectivity index (χ0n) is 15.4. The van der Waals surface area contributed by atoms with Gasteiger partial charge in [0.05, 0.1) is 0 Å². The molecule has 1 nitrogen and oxygen atoms in total. The first-order valence-corrected chi connectivity index (χ1v) is 9.53. The van der Waals surface area contributed by atoms with Crippen molar-refractivity contribution in [2.75, 3.05) is 13.1 Å². The Morgan fingerprint density at radius 1 is 1.18 bits per heavy atom. The zero-order chi connectivity index (χ0) is 15.9. The number of allylic oxidation sites excluding steroid dienone is 4. The molecule has 0 aromatic heterocycles. The normalized spacial score (nSPS) is 36.5. The summed E-state index contributed by atoms with van der Waals surface area (Å²) in [4.78, 5) is 2.70. The number of hydrogen-bond acceptors (Lipinski definition) is 1. The third kappa shape index (κ3) is 2.94. The summed E-state index contributed by atoms with van der Waals surface area (Å²) in [7, 11) is 0. The highest BCUT2D eigenvalue weighted by atomic mass is 15.2. The SMILES string of the molecule is CC(C)N1CCC2C3=C(CCC2C1)CC(C)(C(C)C)CC=C3. The van der Waals surface area contributed by atoms with Crippen LogP contribution in [0.5, 0.6) is 0 Å². The van der Waals surface area contributed by atoms with Crippen LogP contribution >= 0.6 is 0 Å². The van der Waals surface area contributed by atoms with Crippen molar-refractivity contribution in [1.29, 1.82) is 0 Å². The quantitative estimate of drug-likeness (QED) is 0.657. The van der Waals surface area contributed by atoms with Gasteiger partial charge in [-0.3, -0.25) is 0 Å². The van der Waals surface area contributed by atoms with E-state index in [-0.39, 0.29) is 0 Å². The fourth-order valence-corrected chi connectivity index (χ4v) is 4.88. The van der Waals surface area contributed by atoms with E-state index < -0.39 is 0 Å². The van der Waals surface area contributed by atoms with Crippen LogP contribution < -0.4 is 0 Å². The molecule has 1 fully saturated rings. The third-order valence-corrected chi connectivity index (χ3v) is 7.01. The van der Waals surface area contributed by atoms with Gasteiger partial charge in [-0.1, -0.05) is 38.5 Å². The predicted molar refractivity (Wildman–Crippen MR) is 95.9 cm³/mol. The van der Waals surface area contributed by atoms with Crippen LogP contribution in [0.2, 0.25) is 0 Å². The molecular weight excluding hydrogens is 266 g/mol. The molecule has 22 heavy (non-hydrogen) atoms. The Labute approximate surface area is 137 Å². The Hall–Kier alpha value is -0.560. The Kier molecular flexibility index (Phi) is 4.56. The number of fused-ring (bicyclic) bond motifs is 2. The van der Waals surface area contributed by atoms with Crippen LogP contribution in [0.1, 0.15) is 66.7 Å². The summed E-state index contributed by atoms with van der Waals surface area (Å²) in [6.45, 7) is 14.7. The van der Waals surface area contributed by atoms with E-state index in [2.05, 4.69) is 51.7 Å². The van der Waals surface area contributed by atoms with Crippen LogP contribution in [0.15, 0.2) is 23.3 Å². The maximum absolute atomic E-state index is 2.70. The summed E-state index contributed by atoms with van der Waals surface area (Å²) in [5.74, 6) is 2.52. The number of hydrogen-bond donors (Lipinski definition) is 0. The van der Waals surface area contributed by atoms with Gasteiger partial charge in [0.15, 0.2) is 0 Å². The lowest BCUT2D eigenvalue weighted by molar-refractivity contribution is 0.0970. The van der Waals surface area contributed by atoms with Crippen molar-refractivity contribution < 1.29 is 0 Å². The Bertz CT molecular complexity index is 470. The van der Waals surface area contributed by atoms with Crippen LogP contribution in [0.3, 0.4) is 0 Å². The van der Waals surface area contributed by atoms with E-state index in [1.54, 1.807) is 5.57 Å². The van der Waals surface area contributed by atoms with Crippen molar-refractivity contribution in [1.82, 2.24) is 4.90 Å². The number of rotatable bonds is 2. The molecule has 3 rings (SSSR count). The molecule has 0 aromatic rings. The van der Waals surface area contributed by atoms with Crippen LogP contribution in [-0.2, 0) is 0 Å². The van der Waals surface area contributed by atoms with Crippen molar-refractivity contribution in [2.24, 2.45) is 23.2 Å². The second kappa shape index (κ2) is 6.15. The molecule has 0 amide bonds. The van der Waals surface area contributed by atoms with Gasteiger partial charge in [-0.2, -0.15) is 0 Å². The Balaban J connectivity index is 1.82. The lowest BCUT2D eigenvalue weighted by atomic mass is 9.67. The molecule has 0 spiro atoms. The van der Waals surface area contributed by atoms with Crippen molar-refractivity contribution in [3.8, 4) is 0 Å². The minimum Gasteiger partial charge on any atom is -0.301 e. The van der Waals surface area contributed by atoms with Crippen LogP contribution in [-0.4, -0.2) is 24.0 Å². The lowest BCUT2D eigenvalue weighted by Gasteiger charge is -2.45. The van der Waals surface area contributed by atoms with Gasteiger partial charge in [0.2, 0.25) is 0 Å². The summed E-state index contributed by atoms with van der Waals surface area (Å²) >= 11 is 0. The first-order chi connectivity index (χ1) is 10.4. The molecule has 1 saturated heterocycles. The van der Waals surface area contributed by atoms with Gasteiger partial charge < -0.3 is 4.90 Å². The molecule has 0 saturated carbocycles. The molecule has 0 bridgehead atoms. The van der Waals surface area contributed by atoms with E-state index in [1.165, 1.54) is 45.2 Å². The topological polar surface area (TPSA) is 3.24 Å². The van der Waals surface area contributed by atoms with Crippen molar-refractivity contribution in [3.05, 3.63) is 23.3 Å². The first kappa shape index (κ1) is 16.3. The molecule has 1 heteroatoms.